The predicted octanol–water partition coefficient (Wildman–Crippen LogP) is 3.68. The first kappa shape index (κ1) is 13.8. The number of pyridine rings is 1. The maximum atomic E-state index is 4.64. The molecule has 1 fully saturated rings. The van der Waals surface area contributed by atoms with Crippen molar-refractivity contribution in [3.05, 3.63) is 42.1 Å². The molecule has 0 saturated heterocycles. The highest BCUT2D eigenvalue weighted by atomic mass is 32.2. The van der Waals surface area contributed by atoms with Crippen LogP contribution in [0.1, 0.15) is 50.2 Å². The molecule has 0 atom stereocenters. The predicted molar refractivity (Wildman–Crippen MR) is 87.1 cm³/mol. The van der Waals surface area contributed by atoms with Crippen molar-refractivity contribution in [3.63, 3.8) is 0 Å². The topological polar surface area (TPSA) is 48.0 Å². The van der Waals surface area contributed by atoms with Gasteiger partial charge in [0.05, 0.1) is 5.69 Å². The average molecular weight is 313 g/mol. The molecule has 6 heteroatoms. The highest BCUT2D eigenvalue weighted by molar-refractivity contribution is 7.98. The summed E-state index contributed by atoms with van der Waals surface area (Å²) in [4.78, 5) is 4.64. The van der Waals surface area contributed by atoms with E-state index in [1.165, 1.54) is 12.8 Å². The smallest absolute Gasteiger partial charge is 0.191 e. The second-order valence-electron chi connectivity index (χ2n) is 6.07. The molecule has 0 bridgehead atoms. The lowest BCUT2D eigenvalue weighted by atomic mass is 10.3. The summed E-state index contributed by atoms with van der Waals surface area (Å²) in [5.74, 6) is 2.60. The van der Waals surface area contributed by atoms with E-state index in [1.807, 2.05) is 24.4 Å². The molecule has 0 aliphatic heterocycles. The van der Waals surface area contributed by atoms with Crippen molar-refractivity contribution in [2.24, 2.45) is 0 Å². The molecule has 114 valence electrons. The van der Waals surface area contributed by atoms with Gasteiger partial charge in [-0.1, -0.05) is 17.8 Å². The molecule has 5 nitrogen and oxygen atoms in total. The van der Waals surface area contributed by atoms with Gasteiger partial charge in [0.15, 0.2) is 5.16 Å². The van der Waals surface area contributed by atoms with Crippen LogP contribution in [0.2, 0.25) is 0 Å². The lowest BCUT2D eigenvalue weighted by Crippen LogP contribution is -2.07. The number of thioether (sulfide) groups is 1. The zero-order valence-corrected chi connectivity index (χ0v) is 13.6. The molecule has 4 rings (SSSR count). The van der Waals surface area contributed by atoms with E-state index in [0.29, 0.717) is 12.0 Å². The Balaban J connectivity index is 1.56. The molecule has 1 aliphatic rings. The van der Waals surface area contributed by atoms with E-state index in [4.69, 9.17) is 0 Å². The van der Waals surface area contributed by atoms with Crippen LogP contribution >= 0.6 is 11.8 Å². The third kappa shape index (κ3) is 2.52. The van der Waals surface area contributed by atoms with Crippen molar-refractivity contribution < 1.29 is 0 Å². The van der Waals surface area contributed by atoms with Crippen LogP contribution in [-0.2, 0) is 5.75 Å². The number of hydrogen-bond donors (Lipinski definition) is 0. The molecule has 0 amide bonds. The van der Waals surface area contributed by atoms with Crippen molar-refractivity contribution >= 4 is 17.4 Å². The normalized spacial score (nSPS) is 15.0. The molecule has 3 aromatic heterocycles. The summed E-state index contributed by atoms with van der Waals surface area (Å²) in [5, 5.41) is 9.84. The molecule has 3 aromatic rings. The van der Waals surface area contributed by atoms with Crippen LogP contribution in [0.25, 0.3) is 5.65 Å². The standard InChI is InChI=1S/C16H19N5S/c1-11(2)21-15(12-6-7-12)18-19-16(21)22-10-13-9-20-8-4-3-5-14(20)17-13/h3-5,8-9,11-12H,6-7,10H2,1-2H3. The number of rotatable bonds is 5. The highest BCUT2D eigenvalue weighted by Gasteiger charge is 2.31. The number of nitrogens with zero attached hydrogens (tertiary/aromatic N) is 5. The van der Waals surface area contributed by atoms with E-state index in [0.717, 1.165) is 28.1 Å². The van der Waals surface area contributed by atoms with Crippen LogP contribution < -0.4 is 0 Å². The number of imidazole rings is 1. The van der Waals surface area contributed by atoms with Gasteiger partial charge in [-0.05, 0) is 38.8 Å². The van der Waals surface area contributed by atoms with E-state index in [1.54, 1.807) is 11.8 Å². The maximum absolute atomic E-state index is 4.64. The molecule has 1 aliphatic carbocycles. The Kier molecular flexibility index (Phi) is 3.41. The molecular formula is C16H19N5S. The summed E-state index contributed by atoms with van der Waals surface area (Å²) in [6, 6.07) is 6.45. The minimum atomic E-state index is 0.397. The van der Waals surface area contributed by atoms with Crippen molar-refractivity contribution in [1.82, 2.24) is 24.1 Å². The fraction of sp³-hybridized carbons (Fsp3) is 0.438. The Morgan fingerprint density at radius 1 is 1.27 bits per heavy atom. The molecular weight excluding hydrogens is 294 g/mol. The molecule has 0 spiro atoms. The first-order chi connectivity index (χ1) is 10.7. The van der Waals surface area contributed by atoms with Gasteiger partial charge in [-0.3, -0.25) is 0 Å². The summed E-state index contributed by atoms with van der Waals surface area (Å²) < 4.78 is 4.34. The van der Waals surface area contributed by atoms with Gasteiger partial charge in [0, 0.05) is 30.1 Å². The van der Waals surface area contributed by atoms with Crippen LogP contribution in [0, 0.1) is 0 Å². The van der Waals surface area contributed by atoms with E-state index >= 15 is 0 Å². The monoisotopic (exact) mass is 313 g/mol. The van der Waals surface area contributed by atoms with Crippen molar-refractivity contribution in [2.45, 2.75) is 49.6 Å². The maximum Gasteiger partial charge on any atom is 0.191 e. The third-order valence-corrected chi connectivity index (χ3v) is 4.89. The quantitative estimate of drug-likeness (QED) is 0.674. The van der Waals surface area contributed by atoms with Crippen LogP contribution in [0.15, 0.2) is 35.7 Å². The Bertz CT molecular complexity index is 767. The third-order valence-electron chi connectivity index (χ3n) is 3.91. The molecule has 0 N–H and O–H groups in total. The lowest BCUT2D eigenvalue weighted by Gasteiger charge is -2.12. The number of fused-ring (bicyclic) bond motifs is 1. The molecule has 3 heterocycles. The Morgan fingerprint density at radius 3 is 2.86 bits per heavy atom. The minimum Gasteiger partial charge on any atom is -0.307 e. The van der Waals surface area contributed by atoms with Crippen molar-refractivity contribution in [1.29, 1.82) is 0 Å². The van der Waals surface area contributed by atoms with E-state index < -0.39 is 0 Å². The van der Waals surface area contributed by atoms with Crippen LogP contribution in [-0.4, -0.2) is 24.1 Å². The van der Waals surface area contributed by atoms with Gasteiger partial charge in [-0.25, -0.2) is 4.98 Å². The molecule has 0 unspecified atom stereocenters. The van der Waals surface area contributed by atoms with Gasteiger partial charge < -0.3 is 8.97 Å². The fourth-order valence-electron chi connectivity index (χ4n) is 2.69. The summed E-state index contributed by atoms with van der Waals surface area (Å²) in [5.41, 5.74) is 2.06. The summed E-state index contributed by atoms with van der Waals surface area (Å²) in [7, 11) is 0. The average Bonchev–Trinajstić information content (AvgIpc) is 3.12. The fourth-order valence-corrected chi connectivity index (χ4v) is 3.65. The van der Waals surface area contributed by atoms with Crippen LogP contribution in [0.3, 0.4) is 0 Å². The Hall–Kier alpha value is -1.82. The first-order valence-electron chi connectivity index (χ1n) is 7.72. The molecule has 22 heavy (non-hydrogen) atoms. The van der Waals surface area contributed by atoms with Crippen LogP contribution in [0.5, 0.6) is 0 Å². The minimum absolute atomic E-state index is 0.397. The molecule has 0 radical (unpaired) electrons. The first-order valence-corrected chi connectivity index (χ1v) is 8.71. The summed E-state index contributed by atoms with van der Waals surface area (Å²) in [6.45, 7) is 4.40. The van der Waals surface area contributed by atoms with Gasteiger partial charge in [-0.15, -0.1) is 10.2 Å². The summed E-state index contributed by atoms with van der Waals surface area (Å²) >= 11 is 1.72. The second kappa shape index (κ2) is 5.43. The highest BCUT2D eigenvalue weighted by Crippen LogP contribution is 2.41. The lowest BCUT2D eigenvalue weighted by molar-refractivity contribution is 0.526. The molecule has 1 saturated carbocycles. The second-order valence-corrected chi connectivity index (χ2v) is 7.01. The van der Waals surface area contributed by atoms with Gasteiger partial charge in [0.25, 0.3) is 0 Å². The van der Waals surface area contributed by atoms with Gasteiger partial charge in [-0.2, -0.15) is 0 Å². The molecule has 0 aromatic carbocycles. The van der Waals surface area contributed by atoms with Gasteiger partial charge in [0.2, 0.25) is 0 Å². The van der Waals surface area contributed by atoms with Crippen molar-refractivity contribution in [2.75, 3.05) is 0 Å². The Morgan fingerprint density at radius 2 is 2.14 bits per heavy atom. The van der Waals surface area contributed by atoms with Gasteiger partial charge >= 0.3 is 0 Å². The van der Waals surface area contributed by atoms with E-state index in [9.17, 15) is 0 Å². The zero-order chi connectivity index (χ0) is 15.1. The Labute approximate surface area is 133 Å². The number of hydrogen-bond acceptors (Lipinski definition) is 4. The SMILES string of the molecule is CC(C)n1c(SCc2cn3ccccc3n2)nnc1C1CC1. The van der Waals surface area contributed by atoms with Crippen molar-refractivity contribution in [3.8, 4) is 0 Å². The van der Waals surface area contributed by atoms with Crippen LogP contribution in [0.4, 0.5) is 0 Å². The largest absolute Gasteiger partial charge is 0.307 e. The number of aromatic nitrogens is 5. The summed E-state index contributed by atoms with van der Waals surface area (Å²) in [6.07, 6.45) is 6.61. The van der Waals surface area contributed by atoms with Gasteiger partial charge in [0.1, 0.15) is 11.5 Å². The van der Waals surface area contributed by atoms with E-state index in [2.05, 4.69) is 44.2 Å². The van der Waals surface area contributed by atoms with E-state index in [-0.39, 0.29) is 0 Å². The zero-order valence-electron chi connectivity index (χ0n) is 12.8.